The van der Waals surface area contributed by atoms with Crippen LogP contribution in [0.1, 0.15) is 19.4 Å². The van der Waals surface area contributed by atoms with Crippen LogP contribution in [0, 0.1) is 12.7 Å². The van der Waals surface area contributed by atoms with Gasteiger partial charge in [-0.05, 0) is 62.7 Å². The standard InChI is InChI=1S/C16H19FN2O/c1-10(2)20-13-6-4-12(5-7-13)19-16-8-11(3)14(17)9-15(16)18/h4-10,19H,18H2,1-3H3. The Bertz CT molecular complexity index is 594. The summed E-state index contributed by atoms with van der Waals surface area (Å²) in [7, 11) is 0. The molecule has 0 aliphatic rings. The molecule has 0 bridgehead atoms. The lowest BCUT2D eigenvalue weighted by atomic mass is 10.1. The topological polar surface area (TPSA) is 47.3 Å². The molecule has 0 aliphatic carbocycles. The molecule has 0 heterocycles. The van der Waals surface area contributed by atoms with Crippen molar-refractivity contribution < 1.29 is 9.13 Å². The van der Waals surface area contributed by atoms with Gasteiger partial charge in [0, 0.05) is 5.69 Å². The Balaban J connectivity index is 2.16. The minimum absolute atomic E-state index is 0.143. The van der Waals surface area contributed by atoms with Gasteiger partial charge in [-0.1, -0.05) is 0 Å². The van der Waals surface area contributed by atoms with Crippen molar-refractivity contribution in [3.05, 3.63) is 47.8 Å². The summed E-state index contributed by atoms with van der Waals surface area (Å²) in [6.45, 7) is 5.67. The number of nitrogens with one attached hydrogen (secondary N) is 1. The van der Waals surface area contributed by atoms with Crippen molar-refractivity contribution in [1.82, 2.24) is 0 Å². The predicted molar refractivity (Wildman–Crippen MR) is 81.0 cm³/mol. The van der Waals surface area contributed by atoms with Crippen LogP contribution in [0.25, 0.3) is 0 Å². The SMILES string of the molecule is Cc1cc(Nc2ccc(OC(C)C)cc2)c(N)cc1F. The van der Waals surface area contributed by atoms with Crippen molar-refractivity contribution in [2.45, 2.75) is 26.9 Å². The van der Waals surface area contributed by atoms with Crippen LogP contribution in [0.3, 0.4) is 0 Å². The van der Waals surface area contributed by atoms with E-state index in [4.69, 9.17) is 10.5 Å². The molecule has 2 rings (SSSR count). The summed E-state index contributed by atoms with van der Waals surface area (Å²) in [6.07, 6.45) is 0.143. The number of anilines is 3. The molecule has 0 unspecified atom stereocenters. The number of hydrogen-bond acceptors (Lipinski definition) is 3. The van der Waals surface area contributed by atoms with Gasteiger partial charge in [-0.15, -0.1) is 0 Å². The molecule has 0 saturated heterocycles. The van der Waals surface area contributed by atoms with Crippen LogP contribution < -0.4 is 15.8 Å². The summed E-state index contributed by atoms with van der Waals surface area (Å²) in [5, 5.41) is 3.17. The van der Waals surface area contributed by atoms with Gasteiger partial charge in [0.1, 0.15) is 11.6 Å². The average Bonchev–Trinajstić information content (AvgIpc) is 2.37. The first kappa shape index (κ1) is 14.2. The number of aryl methyl sites for hydroxylation is 1. The molecule has 0 atom stereocenters. The zero-order valence-electron chi connectivity index (χ0n) is 11.9. The van der Waals surface area contributed by atoms with Gasteiger partial charge < -0.3 is 15.8 Å². The third-order valence-corrected chi connectivity index (χ3v) is 2.84. The number of halogens is 1. The summed E-state index contributed by atoms with van der Waals surface area (Å²) in [6, 6.07) is 10.6. The van der Waals surface area contributed by atoms with Crippen LogP contribution >= 0.6 is 0 Å². The molecular weight excluding hydrogens is 255 g/mol. The number of hydrogen-bond donors (Lipinski definition) is 2. The van der Waals surface area contributed by atoms with Crippen molar-refractivity contribution in [2.24, 2.45) is 0 Å². The molecule has 20 heavy (non-hydrogen) atoms. The van der Waals surface area contributed by atoms with Crippen LogP contribution in [0.5, 0.6) is 5.75 Å². The van der Waals surface area contributed by atoms with Crippen molar-refractivity contribution in [3.8, 4) is 5.75 Å². The third kappa shape index (κ3) is 3.41. The molecule has 0 aliphatic heterocycles. The van der Waals surface area contributed by atoms with Crippen molar-refractivity contribution >= 4 is 17.1 Å². The highest BCUT2D eigenvalue weighted by atomic mass is 19.1. The Morgan fingerprint density at radius 1 is 1.15 bits per heavy atom. The molecule has 0 spiro atoms. The van der Waals surface area contributed by atoms with E-state index in [9.17, 15) is 4.39 Å². The Kier molecular flexibility index (Phi) is 4.13. The molecule has 3 N–H and O–H groups in total. The van der Waals surface area contributed by atoms with Gasteiger partial charge in [-0.25, -0.2) is 4.39 Å². The first-order valence-corrected chi connectivity index (χ1v) is 6.55. The molecule has 2 aromatic rings. The lowest BCUT2D eigenvalue weighted by Crippen LogP contribution is -2.05. The number of rotatable bonds is 4. The second kappa shape index (κ2) is 5.82. The fourth-order valence-electron chi connectivity index (χ4n) is 1.85. The summed E-state index contributed by atoms with van der Waals surface area (Å²) in [4.78, 5) is 0. The maximum absolute atomic E-state index is 13.3. The summed E-state index contributed by atoms with van der Waals surface area (Å²) < 4.78 is 18.9. The van der Waals surface area contributed by atoms with Gasteiger partial charge in [-0.3, -0.25) is 0 Å². The first-order valence-electron chi connectivity index (χ1n) is 6.55. The number of benzene rings is 2. The maximum Gasteiger partial charge on any atom is 0.128 e. The van der Waals surface area contributed by atoms with Gasteiger partial charge in [0.2, 0.25) is 0 Å². The monoisotopic (exact) mass is 274 g/mol. The van der Waals surface area contributed by atoms with E-state index in [1.54, 1.807) is 13.0 Å². The van der Waals surface area contributed by atoms with E-state index in [1.807, 2.05) is 38.1 Å². The predicted octanol–water partition coefficient (Wildman–Crippen LogP) is 4.25. The second-order valence-electron chi connectivity index (χ2n) is 5.00. The molecule has 3 nitrogen and oxygen atoms in total. The number of nitrogens with two attached hydrogens (primary N) is 1. The van der Waals surface area contributed by atoms with Crippen LogP contribution in [0.2, 0.25) is 0 Å². The molecule has 0 fully saturated rings. The van der Waals surface area contributed by atoms with Crippen molar-refractivity contribution in [3.63, 3.8) is 0 Å². The zero-order valence-corrected chi connectivity index (χ0v) is 11.9. The van der Waals surface area contributed by atoms with E-state index in [0.29, 0.717) is 16.9 Å². The number of nitrogen functional groups attached to an aromatic ring is 1. The van der Waals surface area contributed by atoms with Gasteiger partial charge in [0.05, 0.1) is 17.5 Å². The maximum atomic E-state index is 13.3. The van der Waals surface area contributed by atoms with Crippen LogP contribution in [-0.2, 0) is 0 Å². The fraction of sp³-hybridized carbons (Fsp3) is 0.250. The molecule has 0 amide bonds. The molecule has 2 aromatic carbocycles. The molecule has 0 aromatic heterocycles. The van der Waals surface area contributed by atoms with E-state index in [2.05, 4.69) is 5.32 Å². The van der Waals surface area contributed by atoms with Gasteiger partial charge in [0.15, 0.2) is 0 Å². The largest absolute Gasteiger partial charge is 0.491 e. The lowest BCUT2D eigenvalue weighted by molar-refractivity contribution is 0.242. The highest BCUT2D eigenvalue weighted by Crippen LogP contribution is 2.27. The van der Waals surface area contributed by atoms with Crippen molar-refractivity contribution in [1.29, 1.82) is 0 Å². The Labute approximate surface area is 118 Å². The van der Waals surface area contributed by atoms with E-state index in [-0.39, 0.29) is 11.9 Å². The van der Waals surface area contributed by atoms with Crippen LogP contribution in [0.4, 0.5) is 21.5 Å². The lowest BCUT2D eigenvalue weighted by Gasteiger charge is -2.13. The smallest absolute Gasteiger partial charge is 0.128 e. The summed E-state index contributed by atoms with van der Waals surface area (Å²) in [5.74, 6) is 0.516. The quantitative estimate of drug-likeness (QED) is 0.819. The summed E-state index contributed by atoms with van der Waals surface area (Å²) in [5.41, 5.74) is 8.32. The first-order chi connectivity index (χ1) is 9.45. The van der Waals surface area contributed by atoms with Crippen LogP contribution in [-0.4, -0.2) is 6.10 Å². The van der Waals surface area contributed by atoms with E-state index in [0.717, 1.165) is 11.4 Å². The molecular formula is C16H19FN2O. The second-order valence-corrected chi connectivity index (χ2v) is 5.00. The fourth-order valence-corrected chi connectivity index (χ4v) is 1.85. The Hall–Kier alpha value is -2.23. The third-order valence-electron chi connectivity index (χ3n) is 2.84. The zero-order chi connectivity index (χ0) is 14.7. The van der Waals surface area contributed by atoms with Gasteiger partial charge in [0.25, 0.3) is 0 Å². The molecule has 0 radical (unpaired) electrons. The highest BCUT2D eigenvalue weighted by molar-refractivity contribution is 5.73. The Morgan fingerprint density at radius 3 is 2.40 bits per heavy atom. The molecule has 4 heteroatoms. The minimum atomic E-state index is -0.297. The van der Waals surface area contributed by atoms with E-state index >= 15 is 0 Å². The van der Waals surface area contributed by atoms with Gasteiger partial charge >= 0.3 is 0 Å². The van der Waals surface area contributed by atoms with Crippen molar-refractivity contribution in [2.75, 3.05) is 11.1 Å². The van der Waals surface area contributed by atoms with E-state index < -0.39 is 0 Å². The molecule has 0 saturated carbocycles. The molecule has 106 valence electrons. The van der Waals surface area contributed by atoms with Crippen LogP contribution in [0.15, 0.2) is 36.4 Å². The van der Waals surface area contributed by atoms with E-state index in [1.165, 1.54) is 6.07 Å². The Morgan fingerprint density at radius 2 is 1.80 bits per heavy atom. The highest BCUT2D eigenvalue weighted by Gasteiger charge is 2.05. The van der Waals surface area contributed by atoms with Gasteiger partial charge in [-0.2, -0.15) is 0 Å². The average molecular weight is 274 g/mol. The minimum Gasteiger partial charge on any atom is -0.491 e. The normalized spacial score (nSPS) is 10.7. The summed E-state index contributed by atoms with van der Waals surface area (Å²) >= 11 is 0. The number of ether oxygens (including phenoxy) is 1.